The van der Waals surface area contributed by atoms with Crippen LogP contribution in [-0.4, -0.2) is 29.0 Å². The minimum absolute atomic E-state index is 0.000874. The summed E-state index contributed by atoms with van der Waals surface area (Å²) in [5, 5.41) is 24.1. The Bertz CT molecular complexity index is 1480. The average molecular weight is 634 g/mol. The van der Waals surface area contributed by atoms with Crippen LogP contribution in [0.25, 0.3) is 0 Å². The topological polar surface area (TPSA) is 119 Å². The molecule has 0 saturated heterocycles. The first-order chi connectivity index (χ1) is 21.3. The molecular formula is C38H53N2O6-. The second-order valence-electron chi connectivity index (χ2n) is 17.5. The number of rotatable bonds is 4. The molecule has 6 rings (SSSR count). The summed E-state index contributed by atoms with van der Waals surface area (Å²) in [4.78, 5) is 40.6. The second kappa shape index (κ2) is 10.6. The fraction of sp³-hybridized carbons (Fsp3) is 0.711. The number of fused-ring (bicyclic) bond motifs is 7. The van der Waals surface area contributed by atoms with Crippen molar-refractivity contribution in [2.75, 3.05) is 10.5 Å². The number of para-hydroxylation sites is 2. The number of carbonyl (C=O) groups excluding carboxylic acids is 3. The van der Waals surface area contributed by atoms with Crippen LogP contribution in [0.1, 0.15) is 113 Å². The van der Waals surface area contributed by atoms with E-state index >= 15 is 0 Å². The lowest BCUT2D eigenvalue weighted by Gasteiger charge is -2.70. The Hall–Kier alpha value is -2.71. The molecule has 0 aliphatic heterocycles. The highest BCUT2D eigenvalue weighted by Crippen LogP contribution is 2.75. The minimum Gasteiger partial charge on any atom is -0.733 e. The summed E-state index contributed by atoms with van der Waals surface area (Å²) < 4.78 is 5.86. The number of nitrogens with one attached hydrogen (secondary N) is 1. The highest BCUT2D eigenvalue weighted by atomic mass is 16.8. The molecule has 0 heterocycles. The first kappa shape index (κ1) is 33.2. The van der Waals surface area contributed by atoms with Crippen LogP contribution in [-0.2, 0) is 19.1 Å². The first-order valence-electron chi connectivity index (χ1n) is 17.3. The Morgan fingerprint density at radius 2 is 1.63 bits per heavy atom. The molecule has 8 nitrogen and oxygen atoms in total. The number of hydrogen-bond acceptors (Lipinski definition) is 7. The Balaban J connectivity index is 1.34. The van der Waals surface area contributed by atoms with Crippen LogP contribution in [0.5, 0.6) is 0 Å². The maximum absolute atomic E-state index is 14.7. The number of allylic oxidation sites excluding steroid dienone is 2. The van der Waals surface area contributed by atoms with E-state index in [2.05, 4.69) is 46.9 Å². The average Bonchev–Trinajstić information content (AvgIpc) is 2.96. The molecule has 46 heavy (non-hydrogen) atoms. The zero-order valence-electron chi connectivity index (χ0n) is 29.0. The molecule has 0 spiro atoms. The molecule has 0 unspecified atom stereocenters. The zero-order chi connectivity index (χ0) is 33.7. The van der Waals surface area contributed by atoms with Gasteiger partial charge in [-0.05, 0) is 109 Å². The van der Waals surface area contributed by atoms with Gasteiger partial charge in [0.05, 0.1) is 11.4 Å². The molecular weight excluding hydrogens is 580 g/mol. The second-order valence-corrected chi connectivity index (χ2v) is 17.5. The van der Waals surface area contributed by atoms with Crippen molar-refractivity contribution in [2.24, 2.45) is 50.2 Å². The van der Waals surface area contributed by atoms with Gasteiger partial charge in [0.1, 0.15) is 6.10 Å². The smallest absolute Gasteiger partial charge is 0.302 e. The van der Waals surface area contributed by atoms with E-state index in [4.69, 9.17) is 4.74 Å². The van der Waals surface area contributed by atoms with E-state index in [1.54, 1.807) is 18.2 Å². The van der Waals surface area contributed by atoms with Gasteiger partial charge in [-0.15, -0.1) is 0 Å². The van der Waals surface area contributed by atoms with Crippen LogP contribution in [0.3, 0.4) is 0 Å². The van der Waals surface area contributed by atoms with Crippen LogP contribution in [0.15, 0.2) is 35.9 Å². The summed E-state index contributed by atoms with van der Waals surface area (Å²) in [5.41, 5.74) is -0.0246. The maximum atomic E-state index is 14.7. The van der Waals surface area contributed by atoms with Crippen molar-refractivity contribution in [1.82, 2.24) is 0 Å². The molecule has 0 aromatic heterocycles. The summed E-state index contributed by atoms with van der Waals surface area (Å²) in [7, 11) is 0. The summed E-state index contributed by atoms with van der Waals surface area (Å²) in [6.45, 7) is 17.4. The molecule has 1 aromatic rings. The Kier molecular flexibility index (Phi) is 7.68. The number of carbonyl (C=O) groups is 3. The number of ketones is 1. The third kappa shape index (κ3) is 4.63. The van der Waals surface area contributed by atoms with E-state index in [0.29, 0.717) is 12.8 Å². The number of ether oxygens (including phenoxy) is 1. The van der Waals surface area contributed by atoms with Gasteiger partial charge in [-0.3, -0.25) is 19.6 Å². The van der Waals surface area contributed by atoms with Crippen molar-refractivity contribution >= 4 is 29.0 Å². The lowest BCUT2D eigenvalue weighted by Crippen LogP contribution is -2.66. The molecule has 252 valence electrons. The predicted molar refractivity (Wildman–Crippen MR) is 178 cm³/mol. The van der Waals surface area contributed by atoms with Gasteiger partial charge in [-0.1, -0.05) is 66.2 Å². The van der Waals surface area contributed by atoms with Crippen molar-refractivity contribution in [2.45, 2.75) is 119 Å². The van der Waals surface area contributed by atoms with Gasteiger partial charge in [-0.25, -0.2) is 0 Å². The summed E-state index contributed by atoms with van der Waals surface area (Å²) in [5.74, 6) is 0.0709. The van der Waals surface area contributed by atoms with E-state index in [-0.39, 0.29) is 85.2 Å². The fourth-order valence-corrected chi connectivity index (χ4v) is 11.8. The molecule has 0 radical (unpaired) electrons. The van der Waals surface area contributed by atoms with E-state index in [0.717, 1.165) is 44.9 Å². The Labute approximate surface area is 274 Å². The first-order valence-corrected chi connectivity index (χ1v) is 17.3. The molecule has 8 heteroatoms. The number of benzene rings is 1. The minimum atomic E-state index is -0.705. The van der Waals surface area contributed by atoms with Crippen molar-refractivity contribution in [3.05, 3.63) is 41.1 Å². The Morgan fingerprint density at radius 3 is 2.30 bits per heavy atom. The van der Waals surface area contributed by atoms with Crippen LogP contribution in [0.4, 0.5) is 11.4 Å². The third-order valence-electron chi connectivity index (χ3n) is 14.7. The van der Waals surface area contributed by atoms with Crippen LogP contribution in [0, 0.1) is 55.5 Å². The quantitative estimate of drug-likeness (QED) is 0.253. The number of anilines is 2. The zero-order valence-corrected chi connectivity index (χ0v) is 29.0. The molecule has 1 amide bonds. The number of nitrogens with zero attached hydrogens (tertiary/aromatic N) is 1. The third-order valence-corrected chi connectivity index (χ3v) is 14.7. The van der Waals surface area contributed by atoms with Gasteiger partial charge in [0.2, 0.25) is 5.91 Å². The maximum Gasteiger partial charge on any atom is 0.302 e. The van der Waals surface area contributed by atoms with Crippen molar-refractivity contribution < 1.29 is 24.3 Å². The van der Waals surface area contributed by atoms with Crippen molar-refractivity contribution in [3.63, 3.8) is 0 Å². The standard InChI is InChI=1S/C38H53N2O6/c1-23(41)46-30-14-15-36(6)29(33(30,2)3)13-16-38(8)31(36)28(42)21-24-25-22-35(5,18-17-34(25,4)19-20-37(24,38)7)32(43)39-26-11-9-10-12-27(26)40(44)45/h9-12,21,25,29-31,44H,13-20,22H2,1-8H3,(H,39,43)/q-1/t25-,29-,30+,31-,34-,35+,36-,37+,38-/m1/s1. The summed E-state index contributed by atoms with van der Waals surface area (Å²) in [6.07, 6.45) is 9.74. The van der Waals surface area contributed by atoms with Crippen molar-refractivity contribution in [1.29, 1.82) is 0 Å². The van der Waals surface area contributed by atoms with Gasteiger partial charge in [0.15, 0.2) is 5.78 Å². The number of hydrogen-bond donors (Lipinski definition) is 2. The number of esters is 1. The Morgan fingerprint density at radius 1 is 0.957 bits per heavy atom. The van der Waals surface area contributed by atoms with Gasteiger partial charge in [0.25, 0.3) is 0 Å². The predicted octanol–water partition coefficient (Wildman–Crippen LogP) is 8.23. The highest BCUT2D eigenvalue weighted by Gasteiger charge is 2.70. The molecule has 1 aromatic carbocycles. The summed E-state index contributed by atoms with van der Waals surface area (Å²) in [6, 6.07) is 6.47. The van der Waals surface area contributed by atoms with Gasteiger partial charge in [0, 0.05) is 23.7 Å². The number of amides is 1. The van der Waals surface area contributed by atoms with E-state index < -0.39 is 5.41 Å². The highest BCUT2D eigenvalue weighted by molar-refractivity contribution is 5.98. The van der Waals surface area contributed by atoms with E-state index in [1.165, 1.54) is 18.6 Å². The lowest BCUT2D eigenvalue weighted by atomic mass is 9.33. The monoisotopic (exact) mass is 633 g/mol. The normalized spacial score (nSPS) is 42.7. The van der Waals surface area contributed by atoms with Crippen LogP contribution >= 0.6 is 0 Å². The van der Waals surface area contributed by atoms with Crippen LogP contribution in [0.2, 0.25) is 0 Å². The molecule has 2 N–H and O–H groups in total. The van der Waals surface area contributed by atoms with Crippen molar-refractivity contribution in [3.8, 4) is 0 Å². The summed E-state index contributed by atoms with van der Waals surface area (Å²) >= 11 is 0. The van der Waals surface area contributed by atoms with Gasteiger partial charge < -0.3 is 20.5 Å². The molecule has 9 atom stereocenters. The van der Waals surface area contributed by atoms with E-state index in [1.807, 2.05) is 13.0 Å². The molecule has 5 aliphatic rings. The molecule has 4 fully saturated rings. The SMILES string of the molecule is CC(=O)O[C@H]1CC[C@]2(C)[C@H](CC[C@]3(C)[C@@H]2C(=O)C=C2[C@H]4C[C@@](C)(C(=O)Nc5ccccc5N([O-])O)CC[C@]4(C)CC[C@@]23C)C1(C)C. The van der Waals surface area contributed by atoms with E-state index in [9.17, 15) is 24.8 Å². The van der Waals surface area contributed by atoms with Gasteiger partial charge >= 0.3 is 5.97 Å². The fourth-order valence-electron chi connectivity index (χ4n) is 11.8. The largest absolute Gasteiger partial charge is 0.733 e. The van der Waals surface area contributed by atoms with Gasteiger partial charge in [-0.2, -0.15) is 0 Å². The molecule has 0 bridgehead atoms. The molecule has 5 aliphatic carbocycles. The van der Waals surface area contributed by atoms with Crippen LogP contribution < -0.4 is 10.5 Å². The lowest BCUT2D eigenvalue weighted by molar-refractivity contribution is -0.210. The molecule has 4 saturated carbocycles.